The Morgan fingerprint density at radius 2 is 1.57 bits per heavy atom. The van der Waals surface area contributed by atoms with Gasteiger partial charge in [-0.05, 0) is 74.7 Å². The van der Waals surface area contributed by atoms with Gasteiger partial charge in [0.15, 0.2) is 5.22 Å². The number of Topliss-reactive ketones (excluding diaryl/α,β-unsaturated/α-hetero) is 1. The molecular weight excluding hydrogens is 433 g/mol. The van der Waals surface area contributed by atoms with Crippen LogP contribution in [0.3, 0.4) is 0 Å². The minimum Gasteiger partial charge on any atom is -0.297 e. The zero-order valence-corrected chi connectivity index (χ0v) is 10.0. The van der Waals surface area contributed by atoms with Crippen molar-refractivity contribution in [2.75, 3.05) is 0 Å². The Bertz CT molecular complexity index is 82.7. The van der Waals surface area contributed by atoms with Crippen LogP contribution in [0.15, 0.2) is 0 Å². The summed E-state index contributed by atoms with van der Waals surface area (Å²) in [6, 6.07) is 0. The van der Waals surface area contributed by atoms with E-state index in [4.69, 9.17) is 0 Å². The molecule has 0 bridgehead atoms. The van der Waals surface area contributed by atoms with Crippen molar-refractivity contribution in [3.8, 4) is 0 Å². The summed E-state index contributed by atoms with van der Waals surface area (Å²) in [6.07, 6.45) is 0. The molecule has 0 saturated heterocycles. The predicted octanol–water partition coefficient (Wildman–Crippen LogP) is 2.53. The highest BCUT2D eigenvalue weighted by Crippen LogP contribution is 2.35. The van der Waals surface area contributed by atoms with E-state index in [1.165, 1.54) is 0 Å². The molecule has 0 N–H and O–H groups in total. The maximum Gasteiger partial charge on any atom is 0.181 e. The van der Waals surface area contributed by atoms with E-state index in [0.29, 0.717) is 0 Å². The minimum atomic E-state index is -0.229. The fraction of sp³-hybridized carbons (Fsp3) is 0.667. The van der Waals surface area contributed by atoms with Gasteiger partial charge in [-0.25, -0.2) is 0 Å². The third-order valence-electron chi connectivity index (χ3n) is 0.399. The number of carbonyl (C=O) groups excluding carboxylic acids is 1. The smallest absolute Gasteiger partial charge is 0.181 e. The van der Waals surface area contributed by atoms with Crippen LogP contribution in [0.25, 0.3) is 0 Å². The number of halogens is 3. The predicted molar refractivity (Wildman–Crippen MR) is 55.5 cm³/mol. The van der Waals surface area contributed by atoms with Gasteiger partial charge in [-0.15, -0.1) is 0 Å². The van der Waals surface area contributed by atoms with Gasteiger partial charge in [-0.2, -0.15) is 0 Å². The molecule has 0 saturated carbocycles. The molecule has 0 aromatic rings. The van der Waals surface area contributed by atoms with Crippen molar-refractivity contribution >= 4 is 73.6 Å². The first-order valence-electron chi connectivity index (χ1n) is 1.52. The van der Waals surface area contributed by atoms with E-state index in [1.54, 1.807) is 6.92 Å². The zero-order chi connectivity index (χ0) is 6.08. The fourth-order valence-electron chi connectivity index (χ4n) is 0. The van der Waals surface area contributed by atoms with Crippen molar-refractivity contribution < 1.29 is 4.79 Å². The lowest BCUT2D eigenvalue weighted by atomic mass is 10.5. The highest BCUT2D eigenvalue weighted by Gasteiger charge is 2.22. The molecule has 0 fully saturated rings. The standard InChI is InChI=1S/C3H3I3O/c1-2(7)3(4,5)6/h1H3. The first-order valence-corrected chi connectivity index (χ1v) is 4.76. The van der Waals surface area contributed by atoms with Crippen LogP contribution in [-0.4, -0.2) is 5.22 Å². The molecule has 0 aliphatic carbocycles. The van der Waals surface area contributed by atoms with Crippen LogP contribution in [0.1, 0.15) is 6.92 Å². The number of carbonyl (C=O) groups is 1. The molecule has 0 unspecified atom stereocenters. The van der Waals surface area contributed by atoms with Crippen LogP contribution in [0.5, 0.6) is 0 Å². The Labute approximate surface area is 83.4 Å². The van der Waals surface area contributed by atoms with E-state index in [1.807, 2.05) is 0 Å². The third-order valence-corrected chi connectivity index (χ3v) is 2.68. The Hall–Kier alpha value is 1.86. The maximum atomic E-state index is 10.4. The first kappa shape index (κ1) is 8.86. The van der Waals surface area contributed by atoms with Crippen LogP contribution in [0.4, 0.5) is 0 Å². The molecule has 0 aromatic heterocycles. The lowest BCUT2D eigenvalue weighted by Gasteiger charge is -2.03. The molecule has 1 nitrogen and oxygen atoms in total. The van der Waals surface area contributed by atoms with Gasteiger partial charge in [-0.1, -0.05) is 0 Å². The van der Waals surface area contributed by atoms with Crippen molar-refractivity contribution in [2.24, 2.45) is 0 Å². The van der Waals surface area contributed by atoms with Crippen molar-refractivity contribution in [1.29, 1.82) is 0 Å². The quantitative estimate of drug-likeness (QED) is 0.457. The lowest BCUT2D eigenvalue weighted by Crippen LogP contribution is -2.10. The largest absolute Gasteiger partial charge is 0.297 e. The number of hydrogen-bond acceptors (Lipinski definition) is 1. The van der Waals surface area contributed by atoms with Crippen LogP contribution in [-0.2, 0) is 4.79 Å². The Morgan fingerprint density at radius 1 is 1.43 bits per heavy atom. The van der Waals surface area contributed by atoms with Gasteiger partial charge in [0.05, 0.1) is 0 Å². The van der Waals surface area contributed by atoms with Crippen molar-refractivity contribution in [3.05, 3.63) is 0 Å². The molecule has 0 radical (unpaired) electrons. The van der Waals surface area contributed by atoms with E-state index in [0.717, 1.165) is 0 Å². The average molecular weight is 436 g/mol. The summed E-state index contributed by atoms with van der Waals surface area (Å²) in [6.45, 7) is 1.59. The monoisotopic (exact) mass is 436 g/mol. The molecule has 42 valence electrons. The highest BCUT2D eigenvalue weighted by atomic mass is 127. The second-order valence-electron chi connectivity index (χ2n) is 1.05. The Morgan fingerprint density at radius 3 is 1.57 bits per heavy atom. The normalized spacial score (nSPS) is 11.4. The number of hydrogen-bond donors (Lipinski definition) is 0. The zero-order valence-electron chi connectivity index (χ0n) is 3.54. The summed E-state index contributed by atoms with van der Waals surface area (Å²) in [7, 11) is 0. The summed E-state index contributed by atoms with van der Waals surface area (Å²) in [5, 5.41) is 0. The second kappa shape index (κ2) is 3.14. The molecule has 0 heterocycles. The number of alkyl halides is 3. The molecular formula is C3H3I3O. The van der Waals surface area contributed by atoms with Crippen LogP contribution < -0.4 is 0 Å². The summed E-state index contributed by atoms with van der Waals surface area (Å²) in [4.78, 5) is 10.4. The average Bonchev–Trinajstić information content (AvgIpc) is 1.31. The van der Waals surface area contributed by atoms with Crippen molar-refractivity contribution in [2.45, 2.75) is 6.36 Å². The topological polar surface area (TPSA) is 17.1 Å². The Kier molecular flexibility index (Phi) is 3.97. The SMILES string of the molecule is CC(=O)C(I)(I)I. The summed E-state index contributed by atoms with van der Waals surface area (Å²) >= 11 is 6.27. The van der Waals surface area contributed by atoms with E-state index in [9.17, 15) is 4.79 Å². The van der Waals surface area contributed by atoms with E-state index in [-0.39, 0.29) is 5.22 Å². The Balaban J connectivity index is 3.79. The first-order chi connectivity index (χ1) is 2.94. The molecule has 0 aromatic carbocycles. The fourth-order valence-corrected chi connectivity index (χ4v) is 0. The number of rotatable bonds is 1. The van der Waals surface area contributed by atoms with Gasteiger partial charge in [-0.3, -0.25) is 4.79 Å². The molecule has 0 atom stereocenters. The summed E-state index contributed by atoms with van der Waals surface area (Å²) in [5.41, 5.74) is 0. The minimum absolute atomic E-state index is 0.203. The van der Waals surface area contributed by atoms with E-state index < -0.39 is 0 Å². The van der Waals surface area contributed by atoms with Gasteiger partial charge in [0.2, 0.25) is 0 Å². The molecule has 0 aliphatic heterocycles. The van der Waals surface area contributed by atoms with Crippen LogP contribution in [0.2, 0.25) is 0 Å². The van der Waals surface area contributed by atoms with E-state index >= 15 is 0 Å². The van der Waals surface area contributed by atoms with Crippen LogP contribution >= 0.6 is 67.8 Å². The van der Waals surface area contributed by atoms with Gasteiger partial charge in [0.1, 0.15) is 0 Å². The second-order valence-corrected chi connectivity index (χ2v) is 12.1. The third kappa shape index (κ3) is 4.37. The van der Waals surface area contributed by atoms with Gasteiger partial charge in [0, 0.05) is 0 Å². The molecule has 4 heteroatoms. The maximum absolute atomic E-state index is 10.4. The molecule has 7 heavy (non-hydrogen) atoms. The van der Waals surface area contributed by atoms with E-state index in [2.05, 4.69) is 67.8 Å². The summed E-state index contributed by atoms with van der Waals surface area (Å²) < 4.78 is -0.229. The van der Waals surface area contributed by atoms with Gasteiger partial charge in [0.25, 0.3) is 0 Å². The van der Waals surface area contributed by atoms with Gasteiger partial charge >= 0.3 is 0 Å². The van der Waals surface area contributed by atoms with Crippen molar-refractivity contribution in [1.82, 2.24) is 0 Å². The summed E-state index contributed by atoms with van der Waals surface area (Å²) in [5.74, 6) is 0.203. The molecule has 0 spiro atoms. The molecule has 0 amide bonds. The van der Waals surface area contributed by atoms with Crippen molar-refractivity contribution in [3.63, 3.8) is 0 Å². The molecule has 0 rings (SSSR count). The molecule has 0 aliphatic rings. The van der Waals surface area contributed by atoms with Gasteiger partial charge < -0.3 is 0 Å². The number of ketones is 1. The van der Waals surface area contributed by atoms with Crippen LogP contribution in [0, 0.1) is 0 Å². The highest BCUT2D eigenvalue weighted by molar-refractivity contribution is 14.3. The lowest BCUT2D eigenvalue weighted by molar-refractivity contribution is -0.114.